The van der Waals surface area contributed by atoms with Crippen molar-refractivity contribution in [1.29, 1.82) is 0 Å². The highest BCUT2D eigenvalue weighted by Gasteiger charge is 2.25. The zero-order valence-corrected chi connectivity index (χ0v) is 22.2. The smallest absolute Gasteiger partial charge is 0.260 e. The van der Waals surface area contributed by atoms with E-state index in [2.05, 4.69) is 22.1 Å². The summed E-state index contributed by atoms with van der Waals surface area (Å²) in [5.74, 6) is -0.956. The highest BCUT2D eigenvalue weighted by molar-refractivity contribution is 5.95. The third-order valence-corrected chi connectivity index (χ3v) is 8.08. The summed E-state index contributed by atoms with van der Waals surface area (Å²) in [5, 5.41) is 4.48. The Morgan fingerprint density at radius 3 is 2.50 bits per heavy atom. The lowest BCUT2D eigenvalue weighted by Crippen LogP contribution is -2.40. The first-order valence-corrected chi connectivity index (χ1v) is 14.1. The van der Waals surface area contributed by atoms with Gasteiger partial charge in [-0.05, 0) is 93.2 Å². The Bertz CT molecular complexity index is 1270. The number of aryl methyl sites for hydroxylation is 1. The van der Waals surface area contributed by atoms with Gasteiger partial charge < -0.3 is 19.5 Å². The highest BCUT2D eigenvalue weighted by atomic mass is 19.1. The monoisotopic (exact) mass is 524 g/mol. The quantitative estimate of drug-likeness (QED) is 0.408. The van der Waals surface area contributed by atoms with Gasteiger partial charge in [0.05, 0.1) is 5.39 Å². The predicted octanol–water partition coefficient (Wildman–Crippen LogP) is 5.37. The van der Waals surface area contributed by atoms with Gasteiger partial charge in [0.1, 0.15) is 6.10 Å². The SMILES string of the molecule is CCCCn1cc(-c2cc(F)c(OC3CCN(CCC4CCNCC4)CC3)c(F)c2)c2ccncc2c1=O. The highest BCUT2D eigenvalue weighted by Crippen LogP contribution is 2.33. The molecule has 2 saturated heterocycles. The van der Waals surface area contributed by atoms with Crippen LogP contribution in [0.1, 0.15) is 51.9 Å². The molecule has 0 bridgehead atoms. The number of hydrogen-bond donors (Lipinski definition) is 1. The van der Waals surface area contributed by atoms with E-state index >= 15 is 8.78 Å². The number of piperidine rings is 2. The molecule has 8 heteroatoms. The van der Waals surface area contributed by atoms with Crippen molar-refractivity contribution >= 4 is 10.8 Å². The molecule has 3 aromatic rings. The molecular formula is C30H38F2N4O2. The van der Waals surface area contributed by atoms with Gasteiger partial charge in [-0.15, -0.1) is 0 Å². The largest absolute Gasteiger partial charge is 0.484 e. The molecule has 0 atom stereocenters. The molecular weight excluding hydrogens is 486 g/mol. The topological polar surface area (TPSA) is 59.4 Å². The first-order chi connectivity index (χ1) is 18.5. The van der Waals surface area contributed by atoms with Gasteiger partial charge in [0.2, 0.25) is 0 Å². The van der Waals surface area contributed by atoms with Crippen LogP contribution in [0.2, 0.25) is 0 Å². The third kappa shape index (κ3) is 6.07. The molecule has 0 saturated carbocycles. The number of rotatable bonds is 9. The molecule has 4 heterocycles. The molecule has 2 fully saturated rings. The first kappa shape index (κ1) is 26.8. The molecule has 5 rings (SSSR count). The number of nitrogens with zero attached hydrogens (tertiary/aromatic N) is 3. The minimum Gasteiger partial charge on any atom is -0.484 e. The molecule has 204 valence electrons. The van der Waals surface area contributed by atoms with E-state index in [9.17, 15) is 4.79 Å². The summed E-state index contributed by atoms with van der Waals surface area (Å²) in [6.45, 7) is 7.68. The van der Waals surface area contributed by atoms with Crippen molar-refractivity contribution in [3.63, 3.8) is 0 Å². The van der Waals surface area contributed by atoms with Crippen molar-refractivity contribution in [2.24, 2.45) is 5.92 Å². The van der Waals surface area contributed by atoms with E-state index in [1.807, 2.05) is 0 Å². The molecule has 38 heavy (non-hydrogen) atoms. The van der Waals surface area contributed by atoms with Gasteiger partial charge >= 0.3 is 0 Å². The standard InChI is InChI=1S/C30H38F2N4O2/c1-2-3-13-36-20-26(24-6-12-34-19-25(24)30(36)37)22-17-27(31)29(28(32)18-22)38-23-8-15-35(16-9-23)14-7-21-4-10-33-11-5-21/h6,12,17-21,23,33H,2-5,7-11,13-16H2,1H3. The normalized spacial score (nSPS) is 17.8. The number of benzene rings is 1. The molecule has 0 aliphatic carbocycles. The van der Waals surface area contributed by atoms with Crippen molar-refractivity contribution in [1.82, 2.24) is 19.8 Å². The summed E-state index contributed by atoms with van der Waals surface area (Å²) in [4.78, 5) is 19.5. The lowest BCUT2D eigenvalue weighted by molar-refractivity contribution is 0.0893. The van der Waals surface area contributed by atoms with Gasteiger partial charge in [-0.1, -0.05) is 13.3 Å². The summed E-state index contributed by atoms with van der Waals surface area (Å²) >= 11 is 0. The van der Waals surface area contributed by atoms with Crippen LogP contribution in [0.25, 0.3) is 21.9 Å². The molecule has 1 N–H and O–H groups in total. The Morgan fingerprint density at radius 2 is 1.79 bits per heavy atom. The molecule has 1 aromatic carbocycles. The lowest BCUT2D eigenvalue weighted by atomic mass is 9.94. The average molecular weight is 525 g/mol. The maximum Gasteiger partial charge on any atom is 0.260 e. The molecule has 0 radical (unpaired) electrons. The lowest BCUT2D eigenvalue weighted by Gasteiger charge is -2.33. The van der Waals surface area contributed by atoms with Crippen LogP contribution in [0.3, 0.4) is 0 Å². The van der Waals surface area contributed by atoms with Gasteiger partial charge in [-0.2, -0.15) is 0 Å². The number of likely N-dealkylation sites (tertiary alicyclic amines) is 1. The van der Waals surface area contributed by atoms with Crippen molar-refractivity contribution in [2.45, 2.75) is 64.5 Å². The summed E-state index contributed by atoms with van der Waals surface area (Å²) in [6, 6.07) is 4.35. The minimum atomic E-state index is -0.721. The first-order valence-electron chi connectivity index (χ1n) is 14.1. The van der Waals surface area contributed by atoms with E-state index in [0.717, 1.165) is 64.3 Å². The number of aromatic nitrogens is 2. The summed E-state index contributed by atoms with van der Waals surface area (Å²) in [6.07, 6.45) is 11.6. The Labute approximate surface area is 223 Å². The van der Waals surface area contributed by atoms with Crippen LogP contribution >= 0.6 is 0 Å². The number of ether oxygens (including phenoxy) is 1. The fourth-order valence-corrected chi connectivity index (χ4v) is 5.74. The zero-order chi connectivity index (χ0) is 26.5. The molecule has 0 spiro atoms. The van der Waals surface area contributed by atoms with Crippen LogP contribution in [0.4, 0.5) is 8.78 Å². The van der Waals surface area contributed by atoms with Crippen molar-refractivity contribution in [2.75, 3.05) is 32.7 Å². The van der Waals surface area contributed by atoms with Crippen molar-refractivity contribution in [3.05, 3.63) is 58.8 Å². The van der Waals surface area contributed by atoms with Gasteiger partial charge in [0, 0.05) is 43.8 Å². The molecule has 2 aliphatic heterocycles. The summed E-state index contributed by atoms with van der Waals surface area (Å²) < 4.78 is 38.0. The van der Waals surface area contributed by atoms with Crippen molar-refractivity contribution in [3.8, 4) is 16.9 Å². The van der Waals surface area contributed by atoms with Crippen LogP contribution in [0.5, 0.6) is 5.75 Å². The molecule has 2 aliphatic rings. The number of hydrogen-bond acceptors (Lipinski definition) is 5. The van der Waals surface area contributed by atoms with Crippen molar-refractivity contribution < 1.29 is 13.5 Å². The fraction of sp³-hybridized carbons (Fsp3) is 0.533. The van der Waals surface area contributed by atoms with E-state index in [4.69, 9.17) is 4.74 Å². The minimum absolute atomic E-state index is 0.145. The fourth-order valence-electron chi connectivity index (χ4n) is 5.74. The van der Waals surface area contributed by atoms with E-state index in [0.29, 0.717) is 28.4 Å². The Balaban J connectivity index is 1.29. The second-order valence-corrected chi connectivity index (χ2v) is 10.7. The van der Waals surface area contributed by atoms with Gasteiger partial charge in [0.25, 0.3) is 5.56 Å². The van der Waals surface area contributed by atoms with Crippen LogP contribution < -0.4 is 15.6 Å². The van der Waals surface area contributed by atoms with Crippen LogP contribution in [-0.4, -0.2) is 53.3 Å². The molecule has 6 nitrogen and oxygen atoms in total. The summed E-state index contributed by atoms with van der Waals surface area (Å²) in [7, 11) is 0. The number of halogens is 2. The van der Waals surface area contributed by atoms with Gasteiger partial charge in [-0.3, -0.25) is 9.78 Å². The molecule has 0 unspecified atom stereocenters. The van der Waals surface area contributed by atoms with E-state index < -0.39 is 11.6 Å². The van der Waals surface area contributed by atoms with E-state index in [-0.39, 0.29) is 17.4 Å². The third-order valence-electron chi connectivity index (χ3n) is 8.08. The van der Waals surface area contributed by atoms with Crippen LogP contribution in [-0.2, 0) is 6.54 Å². The number of pyridine rings is 2. The number of unbranched alkanes of at least 4 members (excludes halogenated alkanes) is 1. The van der Waals surface area contributed by atoms with Gasteiger partial charge in [0.15, 0.2) is 17.4 Å². The Morgan fingerprint density at radius 1 is 1.05 bits per heavy atom. The van der Waals surface area contributed by atoms with Gasteiger partial charge in [-0.25, -0.2) is 8.78 Å². The van der Waals surface area contributed by atoms with E-state index in [1.165, 1.54) is 37.6 Å². The Kier molecular flexibility index (Phi) is 8.69. The number of nitrogens with one attached hydrogen (secondary N) is 1. The van der Waals surface area contributed by atoms with Crippen LogP contribution in [0.15, 0.2) is 41.6 Å². The average Bonchev–Trinajstić information content (AvgIpc) is 2.95. The molecule has 0 amide bonds. The number of fused-ring (bicyclic) bond motifs is 1. The zero-order valence-electron chi connectivity index (χ0n) is 22.2. The second-order valence-electron chi connectivity index (χ2n) is 10.7. The second kappa shape index (κ2) is 12.3. The molecule has 2 aromatic heterocycles. The maximum atomic E-state index is 15.3. The Hall–Kier alpha value is -2.84. The predicted molar refractivity (Wildman–Crippen MR) is 147 cm³/mol. The summed E-state index contributed by atoms with van der Waals surface area (Å²) in [5.41, 5.74) is 0.833. The maximum absolute atomic E-state index is 15.3. The van der Waals surface area contributed by atoms with Crippen LogP contribution in [0, 0.1) is 17.6 Å². The van der Waals surface area contributed by atoms with E-state index in [1.54, 1.807) is 23.0 Å².